The number of hydrogen-bond acceptors (Lipinski definition) is 3. The molecule has 5 heteroatoms. The lowest BCUT2D eigenvalue weighted by molar-refractivity contribution is -0.234. The van der Waals surface area contributed by atoms with Crippen LogP contribution in [0.3, 0.4) is 0 Å². The second kappa shape index (κ2) is 7.99. The molecule has 10 atom stereocenters. The molecule has 0 heterocycles. The SMILES string of the molecule is CC1C(O)CCC2(C)C1CCC1(C)C2CCC2C3CCCC3(C(=O)O)CCC21C.O=CO. The summed E-state index contributed by atoms with van der Waals surface area (Å²) in [5.41, 5.74) is 0.516. The summed E-state index contributed by atoms with van der Waals surface area (Å²) in [4.78, 5) is 20.7. The molecule has 5 rings (SSSR count). The Hall–Kier alpha value is -1.10. The molecule has 32 heavy (non-hydrogen) atoms. The average Bonchev–Trinajstić information content (AvgIpc) is 3.18. The van der Waals surface area contributed by atoms with Crippen LogP contribution in [-0.2, 0) is 9.59 Å². The minimum absolute atomic E-state index is 0.117. The molecule has 3 N–H and O–H groups in total. The van der Waals surface area contributed by atoms with Crippen molar-refractivity contribution in [2.75, 3.05) is 0 Å². The minimum Gasteiger partial charge on any atom is -0.483 e. The normalized spacial score (nSPS) is 54.0. The van der Waals surface area contributed by atoms with Crippen LogP contribution in [-0.4, -0.2) is 33.9 Å². The minimum atomic E-state index is -0.500. The van der Waals surface area contributed by atoms with Gasteiger partial charge in [-0.1, -0.05) is 34.1 Å². The van der Waals surface area contributed by atoms with Crippen LogP contribution >= 0.6 is 0 Å². The fourth-order valence-corrected chi connectivity index (χ4v) is 10.5. The number of aliphatic carboxylic acids is 1. The molecule has 0 aromatic carbocycles. The Morgan fingerprint density at radius 3 is 2.19 bits per heavy atom. The van der Waals surface area contributed by atoms with E-state index < -0.39 is 11.4 Å². The number of carbonyl (C=O) groups is 2. The molecule has 5 saturated carbocycles. The molecular formula is C27H44O5. The molecule has 5 aliphatic rings. The molecule has 0 bridgehead atoms. The summed E-state index contributed by atoms with van der Waals surface area (Å²) in [6.45, 7) is 9.78. The summed E-state index contributed by atoms with van der Waals surface area (Å²) in [6, 6.07) is 0. The van der Waals surface area contributed by atoms with Crippen molar-refractivity contribution in [3.63, 3.8) is 0 Å². The second-order valence-electron chi connectivity index (χ2n) is 12.8. The third-order valence-electron chi connectivity index (χ3n) is 12.3. The maximum Gasteiger partial charge on any atom is 0.309 e. The van der Waals surface area contributed by atoms with Crippen molar-refractivity contribution in [1.29, 1.82) is 0 Å². The van der Waals surface area contributed by atoms with Crippen molar-refractivity contribution >= 4 is 12.4 Å². The van der Waals surface area contributed by atoms with Crippen LogP contribution in [0.1, 0.15) is 98.3 Å². The van der Waals surface area contributed by atoms with Crippen LogP contribution in [0.15, 0.2) is 0 Å². The fraction of sp³-hybridized carbons (Fsp3) is 0.926. The number of rotatable bonds is 1. The predicted molar refractivity (Wildman–Crippen MR) is 123 cm³/mol. The Labute approximate surface area is 193 Å². The van der Waals surface area contributed by atoms with E-state index in [1.54, 1.807) is 0 Å². The van der Waals surface area contributed by atoms with Crippen molar-refractivity contribution in [1.82, 2.24) is 0 Å². The van der Waals surface area contributed by atoms with Crippen LogP contribution in [0.4, 0.5) is 0 Å². The van der Waals surface area contributed by atoms with Gasteiger partial charge in [0.1, 0.15) is 0 Å². The fourth-order valence-electron chi connectivity index (χ4n) is 10.5. The highest BCUT2D eigenvalue weighted by atomic mass is 16.4. The summed E-state index contributed by atoms with van der Waals surface area (Å²) in [5, 5.41) is 27.6. The summed E-state index contributed by atoms with van der Waals surface area (Å²) < 4.78 is 0. The molecule has 5 aliphatic carbocycles. The average molecular weight is 449 g/mol. The van der Waals surface area contributed by atoms with Gasteiger partial charge in [0.05, 0.1) is 11.5 Å². The summed E-state index contributed by atoms with van der Waals surface area (Å²) in [5.74, 6) is 2.28. The number of aliphatic hydroxyl groups excluding tert-OH is 1. The molecule has 10 unspecified atom stereocenters. The monoisotopic (exact) mass is 448 g/mol. The lowest BCUT2D eigenvalue weighted by Crippen LogP contribution is -2.65. The van der Waals surface area contributed by atoms with Crippen molar-refractivity contribution in [2.24, 2.45) is 51.2 Å². The van der Waals surface area contributed by atoms with Gasteiger partial charge in [-0.15, -0.1) is 0 Å². The highest BCUT2D eigenvalue weighted by Crippen LogP contribution is 2.75. The number of carboxylic acid groups (broad SMARTS) is 2. The van der Waals surface area contributed by atoms with E-state index in [-0.39, 0.29) is 18.0 Å². The molecular weight excluding hydrogens is 404 g/mol. The van der Waals surface area contributed by atoms with E-state index >= 15 is 0 Å². The van der Waals surface area contributed by atoms with Crippen LogP contribution < -0.4 is 0 Å². The third kappa shape index (κ3) is 2.98. The zero-order chi connectivity index (χ0) is 23.5. The smallest absolute Gasteiger partial charge is 0.309 e. The van der Waals surface area contributed by atoms with Gasteiger partial charge in [0, 0.05) is 0 Å². The van der Waals surface area contributed by atoms with E-state index in [4.69, 9.17) is 9.90 Å². The van der Waals surface area contributed by atoms with E-state index in [9.17, 15) is 15.0 Å². The largest absolute Gasteiger partial charge is 0.483 e. The maximum absolute atomic E-state index is 12.4. The second-order valence-corrected chi connectivity index (χ2v) is 12.8. The van der Waals surface area contributed by atoms with Gasteiger partial charge in [0.25, 0.3) is 6.47 Å². The first-order valence-electron chi connectivity index (χ1n) is 13.0. The number of aliphatic hydroxyl groups is 1. The Morgan fingerprint density at radius 2 is 1.53 bits per heavy atom. The van der Waals surface area contributed by atoms with E-state index in [1.165, 1.54) is 32.1 Å². The molecule has 0 spiro atoms. The van der Waals surface area contributed by atoms with Crippen molar-refractivity contribution in [2.45, 2.75) is 104 Å². The Morgan fingerprint density at radius 1 is 0.844 bits per heavy atom. The molecule has 0 amide bonds. The van der Waals surface area contributed by atoms with Gasteiger partial charge in [0.2, 0.25) is 0 Å². The summed E-state index contributed by atoms with van der Waals surface area (Å²) in [7, 11) is 0. The van der Waals surface area contributed by atoms with Crippen molar-refractivity contribution < 1.29 is 24.9 Å². The summed E-state index contributed by atoms with van der Waals surface area (Å²) >= 11 is 0. The van der Waals surface area contributed by atoms with E-state index in [2.05, 4.69) is 27.7 Å². The molecule has 0 saturated heterocycles. The van der Waals surface area contributed by atoms with Gasteiger partial charge in [-0.05, 0) is 110 Å². The Kier molecular flexibility index (Phi) is 6.00. The van der Waals surface area contributed by atoms with Gasteiger partial charge in [0.15, 0.2) is 0 Å². The zero-order valence-electron chi connectivity index (χ0n) is 20.5. The molecule has 5 fully saturated rings. The van der Waals surface area contributed by atoms with Gasteiger partial charge >= 0.3 is 5.97 Å². The molecule has 0 aromatic heterocycles. The number of carboxylic acids is 1. The van der Waals surface area contributed by atoms with Crippen LogP contribution in [0, 0.1) is 51.2 Å². The highest BCUT2D eigenvalue weighted by Gasteiger charge is 2.69. The molecule has 0 aromatic rings. The van der Waals surface area contributed by atoms with Gasteiger partial charge < -0.3 is 15.3 Å². The lowest BCUT2D eigenvalue weighted by Gasteiger charge is -2.71. The van der Waals surface area contributed by atoms with Crippen molar-refractivity contribution in [3.8, 4) is 0 Å². The first kappa shape index (κ1) is 24.0. The molecule has 0 aliphatic heterocycles. The van der Waals surface area contributed by atoms with E-state index in [0.29, 0.717) is 34.5 Å². The van der Waals surface area contributed by atoms with Crippen molar-refractivity contribution in [3.05, 3.63) is 0 Å². The zero-order valence-corrected chi connectivity index (χ0v) is 20.5. The standard InChI is InChI=1S/C26H42O3.CH2O2/c1-16-17-9-13-25(4)21(23(17,2)12-10-20(16)27)8-7-18-19-6-5-11-26(19,22(28)29)15-14-24(18,25)3;2-1-3/h16-21,27H,5-15H2,1-4H3,(H,28,29);1H,(H,2,3). The molecule has 182 valence electrons. The van der Waals surface area contributed by atoms with Crippen LogP contribution in [0.25, 0.3) is 0 Å². The predicted octanol–water partition coefficient (Wildman–Crippen LogP) is 5.60. The van der Waals surface area contributed by atoms with E-state index in [1.807, 2.05) is 0 Å². The lowest BCUT2D eigenvalue weighted by atomic mass is 9.33. The molecule has 5 nitrogen and oxygen atoms in total. The number of fused-ring (bicyclic) bond motifs is 7. The van der Waals surface area contributed by atoms with E-state index in [0.717, 1.165) is 44.4 Å². The quantitative estimate of drug-likeness (QED) is 0.454. The first-order chi connectivity index (χ1) is 15.0. The third-order valence-corrected chi connectivity index (χ3v) is 12.3. The first-order valence-corrected chi connectivity index (χ1v) is 13.0. The Balaban J connectivity index is 0.000000775. The topological polar surface area (TPSA) is 94.8 Å². The Bertz CT molecular complexity index is 752. The summed E-state index contributed by atoms with van der Waals surface area (Å²) in [6.07, 6.45) is 12.2. The van der Waals surface area contributed by atoms with Gasteiger partial charge in [-0.2, -0.15) is 0 Å². The van der Waals surface area contributed by atoms with Crippen LogP contribution in [0.2, 0.25) is 0 Å². The van der Waals surface area contributed by atoms with Gasteiger partial charge in [-0.3, -0.25) is 9.59 Å². The number of hydrogen-bond donors (Lipinski definition) is 3. The van der Waals surface area contributed by atoms with Gasteiger partial charge in [-0.25, -0.2) is 0 Å². The molecule has 0 radical (unpaired) electrons. The maximum atomic E-state index is 12.4. The highest BCUT2D eigenvalue weighted by molar-refractivity contribution is 5.76. The van der Waals surface area contributed by atoms with Crippen LogP contribution in [0.5, 0.6) is 0 Å².